The van der Waals surface area contributed by atoms with Crippen LogP contribution in [0.25, 0.3) is 5.65 Å². The third-order valence-corrected chi connectivity index (χ3v) is 4.73. The molecule has 7 nitrogen and oxygen atoms in total. The molecule has 4 aromatic rings. The largest absolute Gasteiger partial charge is 0.487 e. The summed E-state index contributed by atoms with van der Waals surface area (Å²) in [6, 6.07) is 17.8. The number of carbonyl (C=O) groups is 2. The van der Waals surface area contributed by atoms with E-state index in [2.05, 4.69) is 10.3 Å². The third-order valence-electron chi connectivity index (χ3n) is 4.73. The molecule has 0 radical (unpaired) electrons. The van der Waals surface area contributed by atoms with Crippen LogP contribution in [0.2, 0.25) is 0 Å². The summed E-state index contributed by atoms with van der Waals surface area (Å²) in [7, 11) is 0. The molecular weight excluding hydrogens is 449 g/mol. The number of pyridine rings is 1. The molecule has 2 aromatic carbocycles. The van der Waals surface area contributed by atoms with Crippen molar-refractivity contribution in [3.63, 3.8) is 0 Å². The number of hydrogen-bond donors (Lipinski definition) is 2. The van der Waals surface area contributed by atoms with Crippen LogP contribution in [0.4, 0.5) is 18.9 Å². The number of imidazole rings is 1. The lowest BCUT2D eigenvalue weighted by atomic mass is 10.1. The maximum atomic E-state index is 12.7. The zero-order chi connectivity index (χ0) is 24.1. The first kappa shape index (κ1) is 22.8. The van der Waals surface area contributed by atoms with Gasteiger partial charge in [0.25, 0.3) is 11.8 Å². The Morgan fingerprint density at radius 2 is 1.71 bits per heavy atom. The van der Waals surface area contributed by atoms with E-state index < -0.39 is 24.5 Å². The van der Waals surface area contributed by atoms with Gasteiger partial charge < -0.3 is 19.8 Å². The number of benzene rings is 2. The van der Waals surface area contributed by atoms with Crippen LogP contribution in [0.15, 0.2) is 79.1 Å². The second-order valence-corrected chi connectivity index (χ2v) is 7.35. The zero-order valence-electron chi connectivity index (χ0n) is 17.7. The molecule has 0 atom stereocenters. The van der Waals surface area contributed by atoms with Crippen LogP contribution in [0, 0.1) is 0 Å². The van der Waals surface area contributed by atoms with Crippen LogP contribution in [0.5, 0.6) is 5.75 Å². The number of hydrogen-bond acceptors (Lipinski definition) is 4. The Hall–Kier alpha value is -4.34. The predicted octanol–water partition coefficient (Wildman–Crippen LogP) is 4.46. The van der Waals surface area contributed by atoms with Crippen molar-refractivity contribution in [3.05, 3.63) is 95.9 Å². The number of halogens is 3. The highest BCUT2D eigenvalue weighted by Crippen LogP contribution is 2.18. The monoisotopic (exact) mass is 468 g/mol. The van der Waals surface area contributed by atoms with Crippen molar-refractivity contribution in [1.29, 1.82) is 0 Å². The van der Waals surface area contributed by atoms with Crippen LogP contribution in [-0.2, 0) is 6.61 Å². The van der Waals surface area contributed by atoms with Crippen molar-refractivity contribution in [2.75, 3.05) is 11.9 Å². The molecule has 2 aromatic heterocycles. The van der Waals surface area contributed by atoms with Gasteiger partial charge in [-0.05, 0) is 48.5 Å². The molecule has 4 rings (SSSR count). The molecule has 0 fully saturated rings. The van der Waals surface area contributed by atoms with E-state index in [9.17, 15) is 22.8 Å². The first-order valence-corrected chi connectivity index (χ1v) is 10.2. The molecule has 0 saturated heterocycles. The van der Waals surface area contributed by atoms with Crippen LogP contribution in [0.3, 0.4) is 0 Å². The van der Waals surface area contributed by atoms with Gasteiger partial charge in [-0.15, -0.1) is 0 Å². The summed E-state index contributed by atoms with van der Waals surface area (Å²) in [6.45, 7) is -1.23. The Morgan fingerprint density at radius 3 is 2.47 bits per heavy atom. The fourth-order valence-electron chi connectivity index (χ4n) is 3.17. The Morgan fingerprint density at radius 1 is 0.941 bits per heavy atom. The van der Waals surface area contributed by atoms with Crippen LogP contribution in [0.1, 0.15) is 26.4 Å². The summed E-state index contributed by atoms with van der Waals surface area (Å²) in [5, 5.41) is 4.43. The molecule has 0 saturated carbocycles. The smallest absolute Gasteiger partial charge is 0.405 e. The average Bonchev–Trinajstić information content (AvgIpc) is 3.24. The van der Waals surface area contributed by atoms with Crippen molar-refractivity contribution < 1.29 is 27.5 Å². The molecule has 0 bridgehead atoms. The van der Waals surface area contributed by atoms with Gasteiger partial charge in [-0.25, -0.2) is 4.98 Å². The van der Waals surface area contributed by atoms with Crippen LogP contribution >= 0.6 is 0 Å². The van der Waals surface area contributed by atoms with Crippen molar-refractivity contribution in [2.24, 2.45) is 0 Å². The zero-order valence-corrected chi connectivity index (χ0v) is 17.7. The number of alkyl halides is 3. The highest BCUT2D eigenvalue weighted by molar-refractivity contribution is 6.05. The topological polar surface area (TPSA) is 84.7 Å². The molecule has 10 heteroatoms. The Bertz CT molecular complexity index is 1300. The highest BCUT2D eigenvalue weighted by Gasteiger charge is 2.27. The maximum Gasteiger partial charge on any atom is 0.405 e. The quantitative estimate of drug-likeness (QED) is 0.420. The molecule has 0 aliphatic heterocycles. The average molecular weight is 468 g/mol. The van der Waals surface area contributed by atoms with E-state index in [1.54, 1.807) is 29.6 Å². The fourth-order valence-corrected chi connectivity index (χ4v) is 3.17. The van der Waals surface area contributed by atoms with Gasteiger partial charge in [-0.2, -0.15) is 13.2 Å². The summed E-state index contributed by atoms with van der Waals surface area (Å²) in [6.07, 6.45) is -0.782. The second kappa shape index (κ2) is 9.65. The molecule has 2 heterocycles. The van der Waals surface area contributed by atoms with Gasteiger partial charge in [0.15, 0.2) is 0 Å². The number of nitrogens with one attached hydrogen (secondary N) is 2. The molecule has 0 spiro atoms. The maximum absolute atomic E-state index is 12.7. The molecule has 34 heavy (non-hydrogen) atoms. The van der Waals surface area contributed by atoms with E-state index in [4.69, 9.17) is 4.74 Å². The summed E-state index contributed by atoms with van der Waals surface area (Å²) in [5.41, 5.74) is 2.08. The lowest BCUT2D eigenvalue weighted by molar-refractivity contribution is -0.123. The molecule has 2 amide bonds. The lowest BCUT2D eigenvalue weighted by Gasteiger charge is -2.10. The summed E-state index contributed by atoms with van der Waals surface area (Å²) >= 11 is 0. The SMILES string of the molecule is O=C(NCC(F)(F)F)c1cccc(NC(=O)c2cccc(OCc3cn4ccccc4n3)c2)c1. The van der Waals surface area contributed by atoms with E-state index in [0.29, 0.717) is 11.3 Å². The van der Waals surface area contributed by atoms with E-state index >= 15 is 0 Å². The molecule has 2 N–H and O–H groups in total. The van der Waals surface area contributed by atoms with Crippen molar-refractivity contribution in [2.45, 2.75) is 12.8 Å². The van der Waals surface area contributed by atoms with Gasteiger partial charge >= 0.3 is 6.18 Å². The summed E-state index contributed by atoms with van der Waals surface area (Å²) in [5.74, 6) is -0.896. The minimum atomic E-state index is -4.51. The number of rotatable bonds is 7. The number of carbonyl (C=O) groups excluding carboxylic acids is 2. The molecular formula is C24H19F3N4O3. The first-order valence-electron chi connectivity index (χ1n) is 10.2. The highest BCUT2D eigenvalue weighted by atomic mass is 19.4. The Balaban J connectivity index is 1.39. The van der Waals surface area contributed by atoms with Crippen molar-refractivity contribution >= 4 is 23.1 Å². The number of amides is 2. The third kappa shape index (κ3) is 5.91. The Kier molecular flexibility index (Phi) is 6.48. The predicted molar refractivity (Wildman–Crippen MR) is 119 cm³/mol. The van der Waals surface area contributed by atoms with E-state index in [1.165, 1.54) is 24.3 Å². The summed E-state index contributed by atoms with van der Waals surface area (Å²) in [4.78, 5) is 29.1. The summed E-state index contributed by atoms with van der Waals surface area (Å²) < 4.78 is 44.6. The van der Waals surface area contributed by atoms with E-state index in [1.807, 2.05) is 35.0 Å². The van der Waals surface area contributed by atoms with E-state index in [-0.39, 0.29) is 17.9 Å². The number of fused-ring (bicyclic) bond motifs is 1. The normalized spacial score (nSPS) is 11.3. The minimum absolute atomic E-state index is 0.00779. The molecule has 0 unspecified atom stereocenters. The second-order valence-electron chi connectivity index (χ2n) is 7.35. The van der Waals surface area contributed by atoms with Crippen LogP contribution < -0.4 is 15.4 Å². The molecule has 174 valence electrons. The van der Waals surface area contributed by atoms with Gasteiger partial charge in [0, 0.05) is 29.2 Å². The first-order chi connectivity index (χ1) is 16.3. The van der Waals surface area contributed by atoms with Crippen LogP contribution in [-0.4, -0.2) is 33.9 Å². The lowest BCUT2D eigenvalue weighted by Crippen LogP contribution is -2.33. The molecule has 0 aliphatic carbocycles. The molecule has 0 aliphatic rings. The van der Waals surface area contributed by atoms with Crippen molar-refractivity contribution in [3.8, 4) is 5.75 Å². The van der Waals surface area contributed by atoms with Gasteiger partial charge in [-0.1, -0.05) is 18.2 Å². The van der Waals surface area contributed by atoms with Gasteiger partial charge in [0.1, 0.15) is 24.5 Å². The van der Waals surface area contributed by atoms with Crippen molar-refractivity contribution in [1.82, 2.24) is 14.7 Å². The van der Waals surface area contributed by atoms with Gasteiger partial charge in [-0.3, -0.25) is 9.59 Å². The van der Waals surface area contributed by atoms with Gasteiger partial charge in [0.2, 0.25) is 0 Å². The minimum Gasteiger partial charge on any atom is -0.487 e. The van der Waals surface area contributed by atoms with Gasteiger partial charge in [0.05, 0.1) is 5.69 Å². The number of aromatic nitrogens is 2. The Labute approximate surface area is 192 Å². The fraction of sp³-hybridized carbons (Fsp3) is 0.125. The standard InChI is InChI=1S/C24H19F3N4O3/c25-24(26,27)15-28-22(32)16-5-3-7-18(11-16)30-23(33)17-6-4-8-20(12-17)34-14-19-13-31-10-2-1-9-21(31)29-19/h1-13H,14-15H2,(H,28,32)(H,30,33). The number of ether oxygens (including phenoxy) is 1. The number of nitrogens with zero attached hydrogens (tertiary/aromatic N) is 2. The number of anilines is 1. The van der Waals surface area contributed by atoms with E-state index in [0.717, 1.165) is 11.3 Å².